The third kappa shape index (κ3) is 6.08. The van der Waals surface area contributed by atoms with Gasteiger partial charge in [0.25, 0.3) is 0 Å². The Hall–Kier alpha value is -1.04. The average molecular weight is 308 g/mol. The Morgan fingerprint density at radius 1 is 1.38 bits per heavy atom. The van der Waals surface area contributed by atoms with Crippen LogP contribution in [0.15, 0.2) is 24.3 Å². The average Bonchev–Trinajstić information content (AvgIpc) is 2.52. The molecule has 0 aromatic heterocycles. The number of hydrogen-bond donors (Lipinski definition) is 2. The molecule has 3 N–H and O–H groups in total. The maximum absolute atomic E-state index is 11.7. The van der Waals surface area contributed by atoms with Gasteiger partial charge in [-0.1, -0.05) is 12.1 Å². The number of nitrogens with one attached hydrogen (secondary N) is 1. The second-order valence-corrected chi connectivity index (χ2v) is 6.55. The summed E-state index contributed by atoms with van der Waals surface area (Å²) in [7, 11) is 0. The van der Waals surface area contributed by atoms with E-state index in [-0.39, 0.29) is 5.91 Å². The third-order valence-corrected chi connectivity index (χ3v) is 4.92. The molecule has 0 spiro atoms. The first-order valence-corrected chi connectivity index (χ1v) is 8.61. The number of carbonyl (C=O) groups is 1. The highest BCUT2D eigenvalue weighted by Gasteiger charge is 2.14. The van der Waals surface area contributed by atoms with Crippen LogP contribution in [0.2, 0.25) is 0 Å². The van der Waals surface area contributed by atoms with E-state index in [2.05, 4.69) is 17.4 Å². The van der Waals surface area contributed by atoms with Gasteiger partial charge in [0.1, 0.15) is 0 Å². The summed E-state index contributed by atoms with van der Waals surface area (Å²) in [6.07, 6.45) is 3.49. The standard InChI is InChI=1S/C16H24N2O2S/c17-8-2-5-16(19)18-14-4-1-3-13(11-14)12-21-15-6-9-20-10-7-15/h1,3-4,11,15H,2,5-10,12,17H2,(H,18,19). The van der Waals surface area contributed by atoms with E-state index < -0.39 is 0 Å². The molecule has 2 rings (SSSR count). The molecule has 1 aromatic rings. The molecule has 0 saturated carbocycles. The van der Waals surface area contributed by atoms with Crippen LogP contribution in [-0.4, -0.2) is 30.9 Å². The van der Waals surface area contributed by atoms with Crippen molar-refractivity contribution in [3.05, 3.63) is 29.8 Å². The molecule has 1 fully saturated rings. The highest BCUT2D eigenvalue weighted by atomic mass is 32.2. The predicted molar refractivity (Wildman–Crippen MR) is 88.5 cm³/mol. The van der Waals surface area contributed by atoms with Gasteiger partial charge in [0.15, 0.2) is 0 Å². The molecular formula is C16H24N2O2S. The van der Waals surface area contributed by atoms with Crippen molar-refractivity contribution in [3.8, 4) is 0 Å². The maximum Gasteiger partial charge on any atom is 0.224 e. The fraction of sp³-hybridized carbons (Fsp3) is 0.562. The van der Waals surface area contributed by atoms with Crippen LogP contribution in [0.25, 0.3) is 0 Å². The van der Waals surface area contributed by atoms with Crippen LogP contribution in [0, 0.1) is 0 Å². The molecule has 116 valence electrons. The van der Waals surface area contributed by atoms with Crippen molar-refractivity contribution in [1.82, 2.24) is 0 Å². The summed E-state index contributed by atoms with van der Waals surface area (Å²) in [5, 5.41) is 3.63. The molecule has 0 radical (unpaired) electrons. The van der Waals surface area contributed by atoms with Gasteiger partial charge >= 0.3 is 0 Å². The Morgan fingerprint density at radius 2 is 2.19 bits per heavy atom. The van der Waals surface area contributed by atoms with Gasteiger partial charge in [-0.15, -0.1) is 0 Å². The first-order chi connectivity index (χ1) is 10.3. The molecule has 0 atom stereocenters. The molecule has 1 heterocycles. The quantitative estimate of drug-likeness (QED) is 0.813. The molecule has 5 heteroatoms. The van der Waals surface area contributed by atoms with Crippen LogP contribution in [0.3, 0.4) is 0 Å². The Kier molecular flexibility index (Phi) is 7.06. The number of nitrogens with two attached hydrogens (primary N) is 1. The number of thioether (sulfide) groups is 1. The van der Waals surface area contributed by atoms with E-state index in [1.165, 1.54) is 5.56 Å². The predicted octanol–water partition coefficient (Wildman–Crippen LogP) is 2.78. The van der Waals surface area contributed by atoms with Gasteiger partial charge in [-0.25, -0.2) is 0 Å². The summed E-state index contributed by atoms with van der Waals surface area (Å²) in [4.78, 5) is 11.7. The SMILES string of the molecule is NCCCC(=O)Nc1cccc(CSC2CCOCC2)c1. The number of anilines is 1. The fourth-order valence-electron chi connectivity index (χ4n) is 2.28. The van der Waals surface area contributed by atoms with E-state index in [9.17, 15) is 4.79 Å². The molecule has 0 bridgehead atoms. The minimum absolute atomic E-state index is 0.0367. The third-order valence-electron chi connectivity index (χ3n) is 3.47. The topological polar surface area (TPSA) is 64.4 Å². The lowest BCUT2D eigenvalue weighted by Crippen LogP contribution is -2.17. The summed E-state index contributed by atoms with van der Waals surface area (Å²) in [6, 6.07) is 8.11. The van der Waals surface area contributed by atoms with Crippen molar-refractivity contribution in [3.63, 3.8) is 0 Å². The Balaban J connectivity index is 1.80. The van der Waals surface area contributed by atoms with Crippen LogP contribution < -0.4 is 11.1 Å². The number of ether oxygens (including phenoxy) is 1. The minimum Gasteiger partial charge on any atom is -0.381 e. The first kappa shape index (κ1) is 16.3. The maximum atomic E-state index is 11.7. The van der Waals surface area contributed by atoms with Gasteiger partial charge in [-0.05, 0) is 43.5 Å². The van der Waals surface area contributed by atoms with Gasteiger partial charge in [0, 0.05) is 36.3 Å². The smallest absolute Gasteiger partial charge is 0.224 e. The first-order valence-electron chi connectivity index (χ1n) is 7.56. The fourth-order valence-corrected chi connectivity index (χ4v) is 3.42. The van der Waals surface area contributed by atoms with Gasteiger partial charge in [0.2, 0.25) is 5.91 Å². The number of benzene rings is 1. The zero-order valence-corrected chi connectivity index (χ0v) is 13.2. The van der Waals surface area contributed by atoms with E-state index in [0.29, 0.717) is 18.2 Å². The summed E-state index contributed by atoms with van der Waals surface area (Å²) in [6.45, 7) is 2.32. The molecule has 1 amide bonds. The Bertz CT molecular complexity index is 448. The molecule has 1 aromatic carbocycles. The minimum atomic E-state index is 0.0367. The number of rotatable bonds is 7. The highest BCUT2D eigenvalue weighted by molar-refractivity contribution is 7.99. The van der Waals surface area contributed by atoms with Crippen LogP contribution in [0.4, 0.5) is 5.69 Å². The van der Waals surface area contributed by atoms with E-state index >= 15 is 0 Å². The lowest BCUT2D eigenvalue weighted by Gasteiger charge is -2.21. The lowest BCUT2D eigenvalue weighted by atomic mass is 10.2. The number of carbonyl (C=O) groups excluding carboxylic acids is 1. The largest absolute Gasteiger partial charge is 0.381 e. The molecule has 1 aliphatic rings. The van der Waals surface area contributed by atoms with E-state index in [1.54, 1.807) is 0 Å². The Labute approximate surface area is 130 Å². The number of amides is 1. The molecule has 21 heavy (non-hydrogen) atoms. The molecule has 4 nitrogen and oxygen atoms in total. The molecule has 0 aliphatic carbocycles. The van der Waals surface area contributed by atoms with Crippen molar-refractivity contribution in [2.45, 2.75) is 36.7 Å². The van der Waals surface area contributed by atoms with Crippen LogP contribution in [0.1, 0.15) is 31.2 Å². The summed E-state index contributed by atoms with van der Waals surface area (Å²) in [5.41, 5.74) is 7.54. The highest BCUT2D eigenvalue weighted by Crippen LogP contribution is 2.26. The van der Waals surface area contributed by atoms with E-state index in [4.69, 9.17) is 10.5 Å². The van der Waals surface area contributed by atoms with Crippen LogP contribution >= 0.6 is 11.8 Å². The van der Waals surface area contributed by atoms with E-state index in [1.807, 2.05) is 23.9 Å². The Morgan fingerprint density at radius 3 is 2.95 bits per heavy atom. The van der Waals surface area contributed by atoms with Gasteiger partial charge < -0.3 is 15.8 Å². The van der Waals surface area contributed by atoms with Gasteiger partial charge in [-0.2, -0.15) is 11.8 Å². The van der Waals surface area contributed by atoms with Crippen molar-refractivity contribution in [2.75, 3.05) is 25.1 Å². The zero-order valence-electron chi connectivity index (χ0n) is 12.3. The monoisotopic (exact) mass is 308 g/mol. The van der Waals surface area contributed by atoms with Gasteiger partial charge in [0.05, 0.1) is 0 Å². The number of hydrogen-bond acceptors (Lipinski definition) is 4. The molecule has 0 unspecified atom stereocenters. The van der Waals surface area contributed by atoms with Crippen LogP contribution in [0.5, 0.6) is 0 Å². The summed E-state index contributed by atoms with van der Waals surface area (Å²) >= 11 is 1.98. The lowest BCUT2D eigenvalue weighted by molar-refractivity contribution is -0.116. The van der Waals surface area contributed by atoms with Crippen molar-refractivity contribution in [2.24, 2.45) is 5.73 Å². The summed E-state index contributed by atoms with van der Waals surface area (Å²) in [5.74, 6) is 1.02. The van der Waals surface area contributed by atoms with Crippen molar-refractivity contribution < 1.29 is 9.53 Å². The van der Waals surface area contributed by atoms with Crippen molar-refractivity contribution >= 4 is 23.4 Å². The van der Waals surface area contributed by atoms with Gasteiger partial charge in [-0.3, -0.25) is 4.79 Å². The molecule has 1 saturated heterocycles. The summed E-state index contributed by atoms with van der Waals surface area (Å²) < 4.78 is 5.38. The second-order valence-electron chi connectivity index (χ2n) is 5.26. The molecule has 1 aliphatic heterocycles. The second kappa shape index (κ2) is 9.07. The normalized spacial score (nSPS) is 15.9. The zero-order chi connectivity index (χ0) is 14.9. The van der Waals surface area contributed by atoms with Crippen LogP contribution in [-0.2, 0) is 15.3 Å². The molecular weight excluding hydrogens is 284 g/mol. The van der Waals surface area contributed by atoms with Crippen molar-refractivity contribution in [1.29, 1.82) is 0 Å². The van der Waals surface area contributed by atoms with E-state index in [0.717, 1.165) is 43.9 Å².